The highest BCUT2D eigenvalue weighted by atomic mass is 79.9. The van der Waals surface area contributed by atoms with Gasteiger partial charge in [0.25, 0.3) is 5.91 Å². The lowest BCUT2D eigenvalue weighted by Gasteiger charge is -2.41. The van der Waals surface area contributed by atoms with Crippen LogP contribution in [0.25, 0.3) is 0 Å². The first-order chi connectivity index (χ1) is 24.6. The monoisotopic (exact) mass is 765 g/mol. The molecule has 1 spiro atoms. The third-order valence-corrected chi connectivity index (χ3v) is 11.4. The van der Waals surface area contributed by atoms with Crippen LogP contribution in [-0.4, -0.2) is 89.2 Å². The van der Waals surface area contributed by atoms with Gasteiger partial charge in [0.2, 0.25) is 11.8 Å². The van der Waals surface area contributed by atoms with Crippen molar-refractivity contribution < 1.29 is 38.5 Å². The van der Waals surface area contributed by atoms with Crippen LogP contribution >= 0.6 is 15.9 Å². The van der Waals surface area contributed by atoms with Gasteiger partial charge in [0.05, 0.1) is 43.7 Å². The van der Waals surface area contributed by atoms with E-state index in [9.17, 15) is 24.3 Å². The van der Waals surface area contributed by atoms with E-state index < -0.39 is 65.4 Å². The lowest BCUT2D eigenvalue weighted by Crippen LogP contribution is -2.60. The first kappa shape index (κ1) is 38.2. The van der Waals surface area contributed by atoms with E-state index >= 15 is 0 Å². The molecule has 5 rings (SSSR count). The molecule has 274 valence electrons. The second-order valence-corrected chi connectivity index (χ2v) is 14.6. The number of ether oxygens (including phenoxy) is 3. The quantitative estimate of drug-likeness (QED) is 0.134. The first-order valence-corrected chi connectivity index (χ1v) is 18.4. The highest BCUT2D eigenvalue weighted by Crippen LogP contribution is 2.61. The molecule has 3 aliphatic heterocycles. The van der Waals surface area contributed by atoms with Gasteiger partial charge in [-0.05, 0) is 48.6 Å². The lowest BCUT2D eigenvalue weighted by atomic mass is 9.70. The van der Waals surface area contributed by atoms with Crippen molar-refractivity contribution in [2.24, 2.45) is 17.8 Å². The van der Waals surface area contributed by atoms with Gasteiger partial charge in [0, 0.05) is 23.5 Å². The molecule has 3 amide bonds. The number of nitrogens with one attached hydrogen (secondary N) is 1. The van der Waals surface area contributed by atoms with E-state index in [1.165, 1.54) is 4.90 Å². The van der Waals surface area contributed by atoms with Gasteiger partial charge in [-0.2, -0.15) is 0 Å². The molecule has 9 atom stereocenters. The summed E-state index contributed by atoms with van der Waals surface area (Å²) >= 11 is 3.75. The summed E-state index contributed by atoms with van der Waals surface area (Å²) in [7, 11) is 1.56. The number of nitrogens with zero attached hydrogens (tertiary/aromatic N) is 2. The summed E-state index contributed by atoms with van der Waals surface area (Å²) in [4.78, 5) is 59.5. The van der Waals surface area contributed by atoms with Gasteiger partial charge in [0.15, 0.2) is 0 Å². The molecule has 51 heavy (non-hydrogen) atoms. The fourth-order valence-electron chi connectivity index (χ4n) is 7.82. The molecule has 2 aromatic rings. The molecule has 2 aromatic carbocycles. The smallest absolute Gasteiger partial charge is 0.306 e. The van der Waals surface area contributed by atoms with E-state index in [2.05, 4.69) is 34.4 Å². The van der Waals surface area contributed by atoms with Crippen LogP contribution in [0, 0.1) is 17.8 Å². The summed E-state index contributed by atoms with van der Waals surface area (Å²) in [6.45, 7) is 11.1. The zero-order chi connectivity index (χ0) is 36.9. The normalized spacial score (nSPS) is 26.5. The fourth-order valence-corrected chi connectivity index (χ4v) is 8.77. The Balaban J connectivity index is 1.53. The van der Waals surface area contributed by atoms with Crippen LogP contribution < -0.4 is 15.0 Å². The molecule has 3 fully saturated rings. The molecule has 2 bridgehead atoms. The number of esters is 1. The van der Waals surface area contributed by atoms with Crippen LogP contribution in [0.5, 0.6) is 5.75 Å². The van der Waals surface area contributed by atoms with E-state index in [0.29, 0.717) is 30.7 Å². The summed E-state index contributed by atoms with van der Waals surface area (Å²) in [6.07, 6.45) is 4.10. The second-order valence-electron chi connectivity index (χ2n) is 13.5. The van der Waals surface area contributed by atoms with Gasteiger partial charge in [-0.15, -0.1) is 13.2 Å². The van der Waals surface area contributed by atoms with Gasteiger partial charge < -0.3 is 34.4 Å². The van der Waals surface area contributed by atoms with E-state index in [-0.39, 0.29) is 36.9 Å². The van der Waals surface area contributed by atoms with Gasteiger partial charge in [-0.3, -0.25) is 19.2 Å². The summed E-state index contributed by atoms with van der Waals surface area (Å²) in [6, 6.07) is 13.6. The fraction of sp³-hybridized carbons (Fsp3) is 0.487. The highest BCUT2D eigenvalue weighted by Gasteiger charge is 2.77. The lowest BCUT2D eigenvalue weighted by molar-refractivity contribution is -0.147. The second kappa shape index (κ2) is 16.6. The van der Waals surface area contributed by atoms with Crippen molar-refractivity contribution in [1.29, 1.82) is 0 Å². The molecule has 12 heteroatoms. The van der Waals surface area contributed by atoms with Crippen molar-refractivity contribution in [2.75, 3.05) is 31.8 Å². The maximum atomic E-state index is 15.0. The number of aliphatic hydroxyl groups is 1. The number of amides is 3. The van der Waals surface area contributed by atoms with Crippen LogP contribution in [0.3, 0.4) is 0 Å². The zero-order valence-electron chi connectivity index (χ0n) is 29.4. The van der Waals surface area contributed by atoms with Crippen LogP contribution in [0.2, 0.25) is 0 Å². The molecular formula is C39H48BrN3O8. The van der Waals surface area contributed by atoms with E-state index in [0.717, 1.165) is 5.56 Å². The topological polar surface area (TPSA) is 135 Å². The summed E-state index contributed by atoms with van der Waals surface area (Å²) in [5.74, 6) is -3.19. The average Bonchev–Trinajstić information content (AvgIpc) is 3.74. The van der Waals surface area contributed by atoms with Crippen molar-refractivity contribution >= 4 is 45.3 Å². The molecule has 0 aromatic heterocycles. The van der Waals surface area contributed by atoms with E-state index in [4.69, 9.17) is 14.2 Å². The SMILES string of the molecule is C=CCCC(=O)OC[C@@H](NC(=O)[C@H]1[C@@H]2O[C@@]3(CC2Br)[C@@H]1C(=O)N([C@@H](CO)[C@@H](C)CC)[C@@H]3C(=O)N(CC=C)c1ccc(OC)cc1)c1ccccc1. The average molecular weight is 767 g/mol. The molecule has 0 aliphatic carbocycles. The number of rotatable bonds is 17. The molecule has 3 heterocycles. The molecule has 1 unspecified atom stereocenters. The predicted octanol–water partition coefficient (Wildman–Crippen LogP) is 4.74. The number of hydrogen-bond donors (Lipinski definition) is 2. The number of allylic oxidation sites excluding steroid dienone is 1. The molecule has 3 aliphatic rings. The van der Waals surface area contributed by atoms with Crippen molar-refractivity contribution in [3.63, 3.8) is 0 Å². The number of methoxy groups -OCH3 is 1. The van der Waals surface area contributed by atoms with Crippen molar-refractivity contribution in [1.82, 2.24) is 10.2 Å². The van der Waals surface area contributed by atoms with Crippen LogP contribution in [0.4, 0.5) is 5.69 Å². The molecule has 0 radical (unpaired) electrons. The largest absolute Gasteiger partial charge is 0.497 e. The predicted molar refractivity (Wildman–Crippen MR) is 196 cm³/mol. The maximum Gasteiger partial charge on any atom is 0.306 e. The number of alkyl halides is 1. The minimum atomic E-state index is -1.36. The number of aliphatic hydroxyl groups excluding tert-OH is 1. The van der Waals surface area contributed by atoms with Crippen LogP contribution in [0.1, 0.15) is 51.1 Å². The molecular weight excluding hydrogens is 718 g/mol. The number of carbonyl (C=O) groups excluding carboxylic acids is 4. The standard InChI is InChI=1S/C39H48BrN3O8/c1-6-9-15-31(45)50-23-29(25-13-11-10-12-14-25)41-36(46)32-33-37(47)43(30(22-44)24(4)8-3)35(39(33)21-28(40)34(32)51-39)38(48)42(20-7-2)26-16-18-27(49-5)19-17-26/h6-7,10-14,16-19,24,28-30,32-35,44H,1-2,8-9,15,20-23H2,3-5H3,(H,41,46)/t24-,28?,29+,30-,32+,33-,34+,35+,39-/m0/s1. The number of halogens is 1. The van der Waals surface area contributed by atoms with Crippen LogP contribution in [0.15, 0.2) is 79.9 Å². The molecule has 0 saturated carbocycles. The minimum Gasteiger partial charge on any atom is -0.497 e. The number of fused-ring (bicyclic) bond motifs is 1. The highest BCUT2D eigenvalue weighted by molar-refractivity contribution is 9.09. The molecule has 11 nitrogen and oxygen atoms in total. The molecule has 2 N–H and O–H groups in total. The van der Waals surface area contributed by atoms with E-state index in [1.807, 2.05) is 44.2 Å². The van der Waals surface area contributed by atoms with Crippen molar-refractivity contribution in [3.05, 3.63) is 85.5 Å². The first-order valence-electron chi connectivity index (χ1n) is 17.5. The van der Waals surface area contributed by atoms with E-state index in [1.54, 1.807) is 48.4 Å². The Hall–Kier alpha value is -4.00. The number of anilines is 1. The Bertz CT molecular complexity index is 1590. The Morgan fingerprint density at radius 1 is 1.16 bits per heavy atom. The number of likely N-dealkylation sites (tertiary alicyclic amines) is 1. The Morgan fingerprint density at radius 3 is 2.47 bits per heavy atom. The number of carbonyl (C=O) groups is 4. The van der Waals surface area contributed by atoms with Gasteiger partial charge >= 0.3 is 5.97 Å². The third kappa shape index (κ3) is 7.36. The molecule has 3 saturated heterocycles. The van der Waals surface area contributed by atoms with Crippen molar-refractivity contribution in [3.8, 4) is 5.75 Å². The number of hydrogen-bond acceptors (Lipinski definition) is 8. The van der Waals surface area contributed by atoms with Crippen LogP contribution in [-0.2, 0) is 28.7 Å². The Labute approximate surface area is 308 Å². The third-order valence-electron chi connectivity index (χ3n) is 10.6. The summed E-state index contributed by atoms with van der Waals surface area (Å²) < 4.78 is 17.7. The van der Waals surface area contributed by atoms with Gasteiger partial charge in [-0.1, -0.05) is 78.7 Å². The summed E-state index contributed by atoms with van der Waals surface area (Å²) in [5, 5.41) is 13.8. The zero-order valence-corrected chi connectivity index (χ0v) is 31.0. The number of benzene rings is 2. The van der Waals surface area contributed by atoms with Gasteiger partial charge in [0.1, 0.15) is 24.0 Å². The summed E-state index contributed by atoms with van der Waals surface area (Å²) in [5.41, 5.74) is -0.0653. The van der Waals surface area contributed by atoms with Gasteiger partial charge in [-0.25, -0.2) is 0 Å². The Kier molecular flexibility index (Phi) is 12.4. The minimum absolute atomic E-state index is 0.113. The van der Waals surface area contributed by atoms with Crippen molar-refractivity contribution in [2.45, 2.75) is 74.2 Å². The maximum absolute atomic E-state index is 15.0. The Morgan fingerprint density at radius 2 is 1.86 bits per heavy atom.